The van der Waals surface area contributed by atoms with Gasteiger partial charge in [0, 0.05) is 13.0 Å². The highest BCUT2D eigenvalue weighted by atomic mass is 16.6. The lowest BCUT2D eigenvalue weighted by atomic mass is 10.2. The summed E-state index contributed by atoms with van der Waals surface area (Å²) in [4.78, 5) is 13.0. The highest BCUT2D eigenvalue weighted by Crippen LogP contribution is 2.49. The molecule has 0 saturated carbocycles. The van der Waals surface area contributed by atoms with Crippen LogP contribution in [-0.2, 0) is 4.79 Å². The van der Waals surface area contributed by atoms with E-state index < -0.39 is 0 Å². The number of para-hydroxylation sites is 1. The van der Waals surface area contributed by atoms with Gasteiger partial charge in [0.1, 0.15) is 0 Å². The molecule has 0 aromatic heterocycles. The van der Waals surface area contributed by atoms with Crippen LogP contribution in [0.1, 0.15) is 33.1 Å². The zero-order valence-electron chi connectivity index (χ0n) is 11.8. The SMILES string of the molecule is CC(=O)Oc1c2cccc1O2.CCC1CCCN1C. The number of fused-ring (bicyclic) bond motifs is 2. The quantitative estimate of drug-likeness (QED) is 0.616. The summed E-state index contributed by atoms with van der Waals surface area (Å²) in [6.45, 7) is 4.96. The molecule has 0 radical (unpaired) electrons. The number of ether oxygens (including phenoxy) is 2. The summed E-state index contributed by atoms with van der Waals surface area (Å²) in [5, 5.41) is 0. The Kier molecular flexibility index (Phi) is 4.43. The molecule has 0 aliphatic carbocycles. The molecule has 1 unspecified atom stereocenters. The van der Waals surface area contributed by atoms with E-state index in [1.807, 2.05) is 6.07 Å². The van der Waals surface area contributed by atoms with E-state index in [-0.39, 0.29) is 5.97 Å². The van der Waals surface area contributed by atoms with Crippen molar-refractivity contribution in [3.05, 3.63) is 18.2 Å². The summed E-state index contributed by atoms with van der Waals surface area (Å²) < 4.78 is 9.91. The van der Waals surface area contributed by atoms with Crippen LogP contribution in [0.25, 0.3) is 0 Å². The van der Waals surface area contributed by atoms with Crippen molar-refractivity contribution in [1.29, 1.82) is 0 Å². The van der Waals surface area contributed by atoms with Gasteiger partial charge in [-0.3, -0.25) is 4.79 Å². The zero-order chi connectivity index (χ0) is 13.8. The maximum Gasteiger partial charge on any atom is 0.308 e. The first-order chi connectivity index (χ1) is 9.11. The number of esters is 1. The van der Waals surface area contributed by atoms with Crippen molar-refractivity contribution < 1.29 is 14.3 Å². The Morgan fingerprint density at radius 2 is 2.16 bits per heavy atom. The van der Waals surface area contributed by atoms with Crippen LogP contribution < -0.4 is 9.47 Å². The second-order valence-corrected chi connectivity index (χ2v) is 4.96. The normalized spacial score (nSPS) is 19.8. The molecule has 2 bridgehead atoms. The molecule has 4 nitrogen and oxygen atoms in total. The predicted octanol–water partition coefficient (Wildman–Crippen LogP) is 3.21. The van der Waals surface area contributed by atoms with Gasteiger partial charge in [-0.15, -0.1) is 0 Å². The summed E-state index contributed by atoms with van der Waals surface area (Å²) >= 11 is 0. The average Bonchev–Trinajstić information content (AvgIpc) is 2.83. The molecule has 3 aliphatic rings. The lowest BCUT2D eigenvalue weighted by Gasteiger charge is -2.21. The summed E-state index contributed by atoms with van der Waals surface area (Å²) in [7, 11) is 2.22. The number of carbonyl (C=O) groups excluding carboxylic acids is 1. The van der Waals surface area contributed by atoms with E-state index in [1.54, 1.807) is 12.1 Å². The standard InChI is InChI=1S/C8H6O3.C7H15N/c1-5(9)10-8-6-3-2-4-7(8)11-6;1-3-7-5-4-6-8(7)2/h2-4H,1H3;7H,3-6H2,1-2H3. The highest BCUT2D eigenvalue weighted by molar-refractivity contribution is 5.74. The van der Waals surface area contributed by atoms with Crippen LogP contribution in [0, 0.1) is 0 Å². The Labute approximate surface area is 114 Å². The van der Waals surface area contributed by atoms with Crippen molar-refractivity contribution in [2.75, 3.05) is 13.6 Å². The monoisotopic (exact) mass is 263 g/mol. The van der Waals surface area contributed by atoms with Gasteiger partial charge >= 0.3 is 5.97 Å². The van der Waals surface area contributed by atoms with Gasteiger partial charge in [-0.2, -0.15) is 0 Å². The number of hydrogen-bond donors (Lipinski definition) is 0. The molecule has 1 atom stereocenters. The fourth-order valence-electron chi connectivity index (χ4n) is 2.47. The number of rotatable bonds is 2. The van der Waals surface area contributed by atoms with E-state index in [1.165, 1.54) is 32.7 Å². The van der Waals surface area contributed by atoms with Gasteiger partial charge in [-0.1, -0.05) is 13.0 Å². The van der Waals surface area contributed by atoms with Crippen LogP contribution >= 0.6 is 0 Å². The van der Waals surface area contributed by atoms with Crippen molar-refractivity contribution in [3.63, 3.8) is 0 Å². The zero-order valence-corrected chi connectivity index (χ0v) is 11.8. The predicted molar refractivity (Wildman–Crippen MR) is 73.8 cm³/mol. The Hall–Kier alpha value is -1.55. The summed E-state index contributed by atoms with van der Waals surface area (Å²) in [5.41, 5.74) is 0. The summed E-state index contributed by atoms with van der Waals surface area (Å²) in [6.07, 6.45) is 4.17. The summed E-state index contributed by atoms with van der Waals surface area (Å²) in [5.74, 6) is 1.51. The fraction of sp³-hybridized carbons (Fsp3) is 0.533. The minimum absolute atomic E-state index is 0.318. The number of carbonyl (C=O) groups is 1. The average molecular weight is 263 g/mol. The number of hydrogen-bond acceptors (Lipinski definition) is 4. The third kappa shape index (κ3) is 3.26. The second-order valence-electron chi connectivity index (χ2n) is 4.96. The van der Waals surface area contributed by atoms with Gasteiger partial charge in [0.2, 0.25) is 5.75 Å². The van der Waals surface area contributed by atoms with E-state index in [4.69, 9.17) is 9.47 Å². The molecule has 1 saturated heterocycles. The van der Waals surface area contributed by atoms with Gasteiger partial charge in [0.15, 0.2) is 11.5 Å². The Balaban J connectivity index is 0.000000148. The molecule has 1 aromatic rings. The van der Waals surface area contributed by atoms with Crippen LogP contribution in [0.2, 0.25) is 0 Å². The molecule has 4 heteroatoms. The minimum Gasteiger partial charge on any atom is -0.449 e. The maximum atomic E-state index is 10.5. The Bertz CT molecular complexity index is 438. The van der Waals surface area contributed by atoms with Crippen LogP contribution in [0.15, 0.2) is 18.2 Å². The first kappa shape index (κ1) is 13.9. The van der Waals surface area contributed by atoms with Crippen molar-refractivity contribution in [2.24, 2.45) is 0 Å². The third-order valence-corrected chi connectivity index (χ3v) is 3.55. The maximum absolute atomic E-state index is 10.5. The third-order valence-electron chi connectivity index (χ3n) is 3.55. The van der Waals surface area contributed by atoms with Crippen LogP contribution in [-0.4, -0.2) is 30.5 Å². The number of nitrogens with zero attached hydrogens (tertiary/aromatic N) is 1. The molecule has 3 aliphatic heterocycles. The van der Waals surface area contributed by atoms with E-state index in [0.717, 1.165) is 6.04 Å². The summed E-state index contributed by atoms with van der Waals surface area (Å²) in [6, 6.07) is 6.26. The largest absolute Gasteiger partial charge is 0.449 e. The molecule has 4 rings (SSSR count). The van der Waals surface area contributed by atoms with Gasteiger partial charge in [0.25, 0.3) is 0 Å². The lowest BCUT2D eigenvalue weighted by molar-refractivity contribution is -0.132. The molecule has 0 spiro atoms. The topological polar surface area (TPSA) is 38.8 Å². The van der Waals surface area contributed by atoms with Gasteiger partial charge < -0.3 is 14.4 Å². The molecule has 0 amide bonds. The van der Waals surface area contributed by atoms with Gasteiger partial charge in [-0.25, -0.2) is 0 Å². The molecule has 1 fully saturated rings. The molecule has 104 valence electrons. The van der Waals surface area contributed by atoms with Crippen molar-refractivity contribution >= 4 is 5.97 Å². The molecule has 19 heavy (non-hydrogen) atoms. The van der Waals surface area contributed by atoms with E-state index in [2.05, 4.69) is 18.9 Å². The molecule has 3 heterocycles. The smallest absolute Gasteiger partial charge is 0.308 e. The highest BCUT2D eigenvalue weighted by Gasteiger charge is 2.23. The lowest BCUT2D eigenvalue weighted by Crippen LogP contribution is -2.23. The van der Waals surface area contributed by atoms with Crippen LogP contribution in [0.5, 0.6) is 17.2 Å². The second kappa shape index (κ2) is 6.06. The fourth-order valence-corrected chi connectivity index (χ4v) is 2.47. The number of likely N-dealkylation sites (tertiary alicyclic amines) is 1. The van der Waals surface area contributed by atoms with Crippen LogP contribution in [0.4, 0.5) is 0 Å². The van der Waals surface area contributed by atoms with Crippen molar-refractivity contribution in [1.82, 2.24) is 4.90 Å². The van der Waals surface area contributed by atoms with E-state index in [0.29, 0.717) is 17.2 Å². The van der Waals surface area contributed by atoms with E-state index >= 15 is 0 Å². The molecule has 1 aromatic carbocycles. The first-order valence-corrected chi connectivity index (χ1v) is 6.81. The number of benzene rings is 1. The first-order valence-electron chi connectivity index (χ1n) is 6.81. The minimum atomic E-state index is -0.318. The molecule has 0 N–H and O–H groups in total. The van der Waals surface area contributed by atoms with Gasteiger partial charge in [0.05, 0.1) is 0 Å². The van der Waals surface area contributed by atoms with Gasteiger partial charge in [-0.05, 0) is 45.0 Å². The molecular formula is C15H21NO3. The van der Waals surface area contributed by atoms with Crippen LogP contribution in [0.3, 0.4) is 0 Å². The Morgan fingerprint density at radius 1 is 1.47 bits per heavy atom. The Morgan fingerprint density at radius 3 is 2.53 bits per heavy atom. The van der Waals surface area contributed by atoms with Crippen molar-refractivity contribution in [2.45, 2.75) is 39.2 Å². The molecular weight excluding hydrogens is 242 g/mol. The van der Waals surface area contributed by atoms with E-state index in [9.17, 15) is 4.79 Å². The van der Waals surface area contributed by atoms with Crippen molar-refractivity contribution in [3.8, 4) is 17.2 Å².